The predicted molar refractivity (Wildman–Crippen MR) is 210 cm³/mol. The molecule has 0 saturated carbocycles. The van der Waals surface area contributed by atoms with Gasteiger partial charge in [-0.15, -0.1) is 0 Å². The Balaban J connectivity index is 1.27. The van der Waals surface area contributed by atoms with Gasteiger partial charge in [-0.05, 0) is 98.7 Å². The average molecular weight is 623 g/mol. The van der Waals surface area contributed by atoms with Crippen LogP contribution in [0.3, 0.4) is 0 Å². The number of rotatable bonds is 3. The second kappa shape index (κ2) is 10.5. The molecule has 0 heteroatoms. The van der Waals surface area contributed by atoms with E-state index in [0.29, 0.717) is 0 Å². The highest BCUT2D eigenvalue weighted by Crippen LogP contribution is 2.51. The van der Waals surface area contributed by atoms with E-state index < -0.39 is 0 Å². The van der Waals surface area contributed by atoms with E-state index in [-0.39, 0.29) is 5.41 Å². The van der Waals surface area contributed by atoms with Crippen LogP contribution in [0.4, 0.5) is 0 Å². The van der Waals surface area contributed by atoms with Crippen molar-refractivity contribution in [2.45, 2.75) is 19.3 Å². The number of benzene rings is 9. The zero-order chi connectivity index (χ0) is 32.7. The van der Waals surface area contributed by atoms with E-state index in [1.165, 1.54) is 98.7 Å². The van der Waals surface area contributed by atoms with Crippen LogP contribution in [0.5, 0.6) is 0 Å². The highest BCUT2D eigenvalue weighted by molar-refractivity contribution is 6.24. The zero-order valence-corrected chi connectivity index (χ0v) is 27.7. The van der Waals surface area contributed by atoms with Crippen LogP contribution in [0.15, 0.2) is 170 Å². The summed E-state index contributed by atoms with van der Waals surface area (Å²) in [5.74, 6) is 0. The molecule has 0 radical (unpaired) electrons. The van der Waals surface area contributed by atoms with Crippen LogP contribution < -0.4 is 0 Å². The molecule has 0 aliphatic heterocycles. The van der Waals surface area contributed by atoms with Crippen molar-refractivity contribution in [3.63, 3.8) is 0 Å². The third kappa shape index (κ3) is 3.98. The molecular formula is C49H34. The Kier molecular flexibility index (Phi) is 6.02. The van der Waals surface area contributed by atoms with Crippen molar-refractivity contribution in [1.82, 2.24) is 0 Å². The molecule has 0 heterocycles. The first-order valence-corrected chi connectivity index (χ1v) is 17.3. The summed E-state index contributed by atoms with van der Waals surface area (Å²) in [7, 11) is 0. The molecule has 49 heavy (non-hydrogen) atoms. The molecular weight excluding hydrogens is 589 g/mol. The van der Waals surface area contributed by atoms with Crippen molar-refractivity contribution < 1.29 is 0 Å². The SMILES string of the molecule is CC1(C)c2ccccc2-c2ccc(-c3ccc(-c4c5ccccc5c(-c5ccccc5)c5ccccc45)c4ccccc34)c3cccc1c23. The Labute approximate surface area is 286 Å². The van der Waals surface area contributed by atoms with Crippen LogP contribution in [0.1, 0.15) is 25.0 Å². The van der Waals surface area contributed by atoms with Gasteiger partial charge in [0.15, 0.2) is 0 Å². The van der Waals surface area contributed by atoms with Gasteiger partial charge < -0.3 is 0 Å². The lowest BCUT2D eigenvalue weighted by molar-refractivity contribution is 0.645. The molecule has 0 unspecified atom stereocenters. The Hall–Kier alpha value is -5.98. The molecule has 0 N–H and O–H groups in total. The van der Waals surface area contributed by atoms with Crippen molar-refractivity contribution in [3.8, 4) is 44.5 Å². The third-order valence-corrected chi connectivity index (χ3v) is 11.1. The first-order valence-electron chi connectivity index (χ1n) is 17.3. The lowest BCUT2D eigenvalue weighted by Crippen LogP contribution is -2.23. The summed E-state index contributed by atoms with van der Waals surface area (Å²) in [4.78, 5) is 0. The Morgan fingerprint density at radius 1 is 0.286 bits per heavy atom. The Morgan fingerprint density at radius 3 is 1.41 bits per heavy atom. The molecule has 0 aromatic heterocycles. The van der Waals surface area contributed by atoms with Gasteiger partial charge in [0, 0.05) is 5.41 Å². The van der Waals surface area contributed by atoms with Gasteiger partial charge in [0.25, 0.3) is 0 Å². The minimum absolute atomic E-state index is 0.0817. The van der Waals surface area contributed by atoms with Gasteiger partial charge in [0.2, 0.25) is 0 Å². The van der Waals surface area contributed by atoms with E-state index in [1.807, 2.05) is 0 Å². The van der Waals surface area contributed by atoms with Crippen molar-refractivity contribution in [2.24, 2.45) is 0 Å². The van der Waals surface area contributed by atoms with Crippen LogP contribution in [0.25, 0.3) is 87.6 Å². The highest BCUT2D eigenvalue weighted by Gasteiger charge is 2.33. The van der Waals surface area contributed by atoms with E-state index in [9.17, 15) is 0 Å². The fourth-order valence-electron chi connectivity index (χ4n) is 8.88. The summed E-state index contributed by atoms with van der Waals surface area (Å²) in [6.45, 7) is 4.75. The van der Waals surface area contributed by atoms with Gasteiger partial charge in [-0.3, -0.25) is 0 Å². The predicted octanol–water partition coefficient (Wildman–Crippen LogP) is 13.6. The van der Waals surface area contributed by atoms with E-state index in [2.05, 4.69) is 184 Å². The lowest BCUT2D eigenvalue weighted by atomic mass is 9.68. The summed E-state index contributed by atoms with van der Waals surface area (Å²) in [5, 5.41) is 10.4. The standard InChI is InChI=1S/C49H34/c1-49(2)44-25-13-12-19-36(44)43-30-28-35(37-24-14-26-45(49)48(37)43)34-27-29-42(33-18-7-6-17-32(33)34)47-40-22-10-8-20-38(40)46(31-15-4-3-5-16-31)39-21-9-11-23-41(39)47/h3-30H,1-2H3. The van der Waals surface area contributed by atoms with E-state index >= 15 is 0 Å². The Morgan fingerprint density at radius 2 is 0.735 bits per heavy atom. The molecule has 1 aliphatic carbocycles. The first kappa shape index (κ1) is 28.1. The van der Waals surface area contributed by atoms with Gasteiger partial charge in [0.1, 0.15) is 0 Å². The molecule has 230 valence electrons. The summed E-state index contributed by atoms with van der Waals surface area (Å²) in [6.07, 6.45) is 0. The van der Waals surface area contributed by atoms with Gasteiger partial charge in [-0.1, -0.05) is 184 Å². The zero-order valence-electron chi connectivity index (χ0n) is 27.7. The van der Waals surface area contributed by atoms with Crippen LogP contribution in [-0.2, 0) is 5.41 Å². The second-order valence-corrected chi connectivity index (χ2v) is 14.0. The molecule has 1 aliphatic rings. The Bertz CT molecular complexity index is 2720. The largest absolute Gasteiger partial charge is 0.0622 e. The molecule has 0 bridgehead atoms. The molecule has 0 amide bonds. The maximum Gasteiger partial charge on any atom is 0.0159 e. The maximum atomic E-state index is 2.38. The molecule has 9 aromatic rings. The normalized spacial score (nSPS) is 13.3. The molecule has 0 atom stereocenters. The van der Waals surface area contributed by atoms with E-state index in [0.717, 1.165) is 0 Å². The van der Waals surface area contributed by atoms with Gasteiger partial charge in [0.05, 0.1) is 0 Å². The summed E-state index contributed by atoms with van der Waals surface area (Å²) in [5.41, 5.74) is 13.1. The second-order valence-electron chi connectivity index (χ2n) is 14.0. The molecule has 9 aromatic carbocycles. The van der Waals surface area contributed by atoms with Crippen LogP contribution in [0.2, 0.25) is 0 Å². The van der Waals surface area contributed by atoms with Crippen molar-refractivity contribution in [3.05, 3.63) is 181 Å². The van der Waals surface area contributed by atoms with Crippen molar-refractivity contribution in [2.75, 3.05) is 0 Å². The summed E-state index contributed by atoms with van der Waals surface area (Å²) in [6, 6.07) is 63.1. The van der Waals surface area contributed by atoms with Gasteiger partial charge in [-0.25, -0.2) is 0 Å². The molecule has 10 rings (SSSR count). The maximum absolute atomic E-state index is 2.38. The first-order chi connectivity index (χ1) is 24.1. The van der Waals surface area contributed by atoms with Crippen molar-refractivity contribution >= 4 is 43.1 Å². The quantitative estimate of drug-likeness (QED) is 0.172. The number of fused-ring (bicyclic) bond motifs is 5. The minimum Gasteiger partial charge on any atom is -0.0622 e. The fraction of sp³-hybridized carbons (Fsp3) is 0.0612. The van der Waals surface area contributed by atoms with E-state index in [1.54, 1.807) is 0 Å². The monoisotopic (exact) mass is 622 g/mol. The number of hydrogen-bond donors (Lipinski definition) is 0. The van der Waals surface area contributed by atoms with Crippen molar-refractivity contribution in [1.29, 1.82) is 0 Å². The number of hydrogen-bond acceptors (Lipinski definition) is 0. The van der Waals surface area contributed by atoms with Crippen LogP contribution in [-0.4, -0.2) is 0 Å². The fourth-order valence-corrected chi connectivity index (χ4v) is 8.88. The van der Waals surface area contributed by atoms with Gasteiger partial charge in [-0.2, -0.15) is 0 Å². The summed E-state index contributed by atoms with van der Waals surface area (Å²) >= 11 is 0. The topological polar surface area (TPSA) is 0 Å². The highest BCUT2D eigenvalue weighted by atomic mass is 14.4. The lowest BCUT2D eigenvalue weighted by Gasteiger charge is -2.35. The summed E-state index contributed by atoms with van der Waals surface area (Å²) < 4.78 is 0. The third-order valence-electron chi connectivity index (χ3n) is 11.1. The molecule has 0 fully saturated rings. The molecule has 0 nitrogen and oxygen atoms in total. The molecule has 0 saturated heterocycles. The average Bonchev–Trinajstić information content (AvgIpc) is 3.16. The van der Waals surface area contributed by atoms with Crippen LogP contribution >= 0.6 is 0 Å². The smallest absolute Gasteiger partial charge is 0.0159 e. The van der Waals surface area contributed by atoms with E-state index in [4.69, 9.17) is 0 Å². The minimum atomic E-state index is -0.0817. The van der Waals surface area contributed by atoms with Gasteiger partial charge >= 0.3 is 0 Å². The molecule has 0 spiro atoms. The van der Waals surface area contributed by atoms with Crippen LogP contribution in [0, 0.1) is 0 Å².